The van der Waals surface area contributed by atoms with Crippen LogP contribution in [-0.2, 0) is 20.8 Å². The maximum atomic E-state index is 11.3. The number of ether oxygens (including phenoxy) is 2. The fourth-order valence-electron chi connectivity index (χ4n) is 1.42. The lowest BCUT2D eigenvalue weighted by Gasteiger charge is -2.06. The number of anilines is 1. The van der Waals surface area contributed by atoms with Crippen LogP contribution in [0.15, 0.2) is 0 Å². The summed E-state index contributed by atoms with van der Waals surface area (Å²) in [7, 11) is 2.57. The van der Waals surface area contributed by atoms with Gasteiger partial charge in [0.1, 0.15) is 11.6 Å². The van der Waals surface area contributed by atoms with Gasteiger partial charge in [0.15, 0.2) is 5.69 Å². The zero-order chi connectivity index (χ0) is 13.0. The molecule has 0 aliphatic rings. The van der Waals surface area contributed by atoms with Crippen LogP contribution in [-0.4, -0.2) is 35.7 Å². The van der Waals surface area contributed by atoms with Crippen molar-refractivity contribution in [2.45, 2.75) is 19.9 Å². The molecule has 0 unspecified atom stereocenters. The minimum atomic E-state index is -0.595. The van der Waals surface area contributed by atoms with Gasteiger partial charge >= 0.3 is 11.9 Å². The van der Waals surface area contributed by atoms with Crippen molar-refractivity contribution in [2.75, 3.05) is 20.0 Å². The molecule has 2 N–H and O–H groups in total. The number of nitrogen functional groups attached to an aromatic ring is 1. The molecule has 7 nitrogen and oxygen atoms in total. The van der Waals surface area contributed by atoms with Crippen LogP contribution in [0.4, 0.5) is 5.82 Å². The first-order valence-corrected chi connectivity index (χ1v) is 4.99. The Morgan fingerprint density at radius 2 is 2.00 bits per heavy atom. The van der Waals surface area contributed by atoms with Crippen molar-refractivity contribution in [2.24, 2.45) is 0 Å². The summed E-state index contributed by atoms with van der Waals surface area (Å²) in [5.41, 5.74) is 5.82. The molecule has 0 aromatic carbocycles. The van der Waals surface area contributed by atoms with E-state index in [1.165, 1.54) is 14.2 Å². The van der Waals surface area contributed by atoms with E-state index in [0.717, 1.165) is 0 Å². The number of hydrogen-bond donors (Lipinski definition) is 1. The summed E-state index contributed by atoms with van der Waals surface area (Å²) in [4.78, 5) is 26.3. The number of methoxy groups -OCH3 is 2. The molecule has 0 atom stereocenters. The number of aryl methyl sites for hydroxylation is 1. The van der Waals surface area contributed by atoms with Crippen LogP contribution in [0.2, 0.25) is 0 Å². The second kappa shape index (κ2) is 5.33. The van der Waals surface area contributed by atoms with E-state index >= 15 is 0 Å². The molecule has 0 aliphatic carbocycles. The number of nitrogens with two attached hydrogens (primary N) is 1. The molecule has 0 spiro atoms. The highest BCUT2D eigenvalue weighted by atomic mass is 16.5. The number of rotatable bonds is 4. The number of nitrogens with zero attached hydrogens (tertiary/aromatic N) is 2. The largest absolute Gasteiger partial charge is 0.469 e. The third kappa shape index (κ3) is 2.74. The van der Waals surface area contributed by atoms with Gasteiger partial charge in [0.2, 0.25) is 0 Å². The van der Waals surface area contributed by atoms with Gasteiger partial charge in [0, 0.05) is 6.54 Å². The van der Waals surface area contributed by atoms with E-state index in [9.17, 15) is 9.59 Å². The Morgan fingerprint density at radius 3 is 2.53 bits per heavy atom. The third-order valence-corrected chi connectivity index (χ3v) is 2.34. The second-order valence-electron chi connectivity index (χ2n) is 3.36. The van der Waals surface area contributed by atoms with Crippen molar-refractivity contribution in [1.29, 1.82) is 0 Å². The van der Waals surface area contributed by atoms with E-state index in [1.54, 1.807) is 11.5 Å². The lowest BCUT2D eigenvalue weighted by Crippen LogP contribution is -2.12. The number of imidazole rings is 1. The van der Waals surface area contributed by atoms with Crippen molar-refractivity contribution >= 4 is 17.8 Å². The fourth-order valence-corrected chi connectivity index (χ4v) is 1.42. The Kier molecular flexibility index (Phi) is 4.08. The van der Waals surface area contributed by atoms with Gasteiger partial charge in [-0.3, -0.25) is 4.79 Å². The lowest BCUT2D eigenvalue weighted by molar-refractivity contribution is -0.140. The van der Waals surface area contributed by atoms with Gasteiger partial charge < -0.3 is 19.8 Å². The number of hydrogen-bond acceptors (Lipinski definition) is 6. The molecule has 0 radical (unpaired) electrons. The van der Waals surface area contributed by atoms with Crippen LogP contribution < -0.4 is 5.73 Å². The summed E-state index contributed by atoms with van der Waals surface area (Å²) in [6.45, 7) is 2.01. The number of carbonyl (C=O) groups excluding carboxylic acids is 2. The Morgan fingerprint density at radius 1 is 1.35 bits per heavy atom. The van der Waals surface area contributed by atoms with Crippen LogP contribution in [0.25, 0.3) is 0 Å². The van der Waals surface area contributed by atoms with Crippen LogP contribution in [0, 0.1) is 6.92 Å². The molecule has 1 heterocycles. The highest BCUT2D eigenvalue weighted by molar-refractivity contribution is 5.92. The highest BCUT2D eigenvalue weighted by Crippen LogP contribution is 2.15. The minimum Gasteiger partial charge on any atom is -0.469 e. The predicted molar refractivity (Wildman–Crippen MR) is 59.3 cm³/mol. The van der Waals surface area contributed by atoms with Gasteiger partial charge in [0.05, 0.1) is 20.6 Å². The first-order valence-electron chi connectivity index (χ1n) is 4.99. The van der Waals surface area contributed by atoms with Crippen molar-refractivity contribution < 1.29 is 19.1 Å². The molecular formula is C10H15N3O4. The molecule has 94 valence electrons. The normalized spacial score (nSPS) is 10.1. The van der Waals surface area contributed by atoms with Crippen LogP contribution >= 0.6 is 0 Å². The quantitative estimate of drug-likeness (QED) is 0.752. The third-order valence-electron chi connectivity index (χ3n) is 2.34. The van der Waals surface area contributed by atoms with Crippen molar-refractivity contribution in [3.05, 3.63) is 11.5 Å². The Bertz CT molecular complexity index is 439. The molecule has 0 bridgehead atoms. The van der Waals surface area contributed by atoms with E-state index in [4.69, 9.17) is 5.73 Å². The maximum Gasteiger partial charge on any atom is 0.360 e. The highest BCUT2D eigenvalue weighted by Gasteiger charge is 2.19. The average Bonchev–Trinajstić information content (AvgIpc) is 2.61. The molecule has 0 saturated carbocycles. The Labute approximate surface area is 98.5 Å². The van der Waals surface area contributed by atoms with Gasteiger partial charge in [-0.25, -0.2) is 9.78 Å². The standard InChI is InChI=1S/C10H15N3O4/c1-6-12-8(10(15)17-3)9(11)13(6)5-4-7(14)16-2/h4-5,11H2,1-3H3. The van der Waals surface area contributed by atoms with Crippen molar-refractivity contribution in [3.8, 4) is 0 Å². The first kappa shape index (κ1) is 13.0. The zero-order valence-corrected chi connectivity index (χ0v) is 10.0. The van der Waals surface area contributed by atoms with Crippen LogP contribution in [0.1, 0.15) is 22.7 Å². The minimum absolute atomic E-state index is 0.0647. The number of aromatic nitrogens is 2. The molecule has 17 heavy (non-hydrogen) atoms. The molecule has 1 rings (SSSR count). The topological polar surface area (TPSA) is 96.4 Å². The van der Waals surface area contributed by atoms with Gasteiger partial charge in [-0.2, -0.15) is 0 Å². The Hall–Kier alpha value is -2.05. The van der Waals surface area contributed by atoms with Gasteiger partial charge in [-0.1, -0.05) is 0 Å². The van der Waals surface area contributed by atoms with E-state index in [-0.39, 0.29) is 23.9 Å². The number of carbonyl (C=O) groups is 2. The fraction of sp³-hybridized carbons (Fsp3) is 0.500. The molecular weight excluding hydrogens is 226 g/mol. The summed E-state index contributed by atoms with van der Waals surface area (Å²) in [6.07, 6.45) is 0.165. The molecule has 1 aromatic heterocycles. The summed E-state index contributed by atoms with van der Waals surface area (Å²) < 4.78 is 10.6. The van der Waals surface area contributed by atoms with Gasteiger partial charge in [-0.15, -0.1) is 0 Å². The zero-order valence-electron chi connectivity index (χ0n) is 10.0. The van der Waals surface area contributed by atoms with E-state index in [1.807, 2.05) is 0 Å². The smallest absolute Gasteiger partial charge is 0.360 e. The predicted octanol–water partition coefficient (Wildman–Crippen LogP) is 0.123. The molecule has 0 amide bonds. The first-order chi connectivity index (χ1) is 8.01. The molecule has 7 heteroatoms. The Balaban J connectivity index is 2.90. The molecule has 0 aliphatic heterocycles. The molecule has 0 saturated heterocycles. The average molecular weight is 241 g/mol. The second-order valence-corrected chi connectivity index (χ2v) is 3.36. The van der Waals surface area contributed by atoms with E-state index in [0.29, 0.717) is 12.4 Å². The maximum absolute atomic E-state index is 11.3. The van der Waals surface area contributed by atoms with Crippen molar-refractivity contribution in [3.63, 3.8) is 0 Å². The summed E-state index contributed by atoms with van der Waals surface area (Å²) in [6, 6.07) is 0. The summed E-state index contributed by atoms with van der Waals surface area (Å²) >= 11 is 0. The van der Waals surface area contributed by atoms with Crippen LogP contribution in [0.3, 0.4) is 0 Å². The SMILES string of the molecule is COC(=O)CCn1c(C)nc(C(=O)OC)c1N. The summed E-state index contributed by atoms with van der Waals surface area (Å²) in [5.74, 6) is -0.204. The van der Waals surface area contributed by atoms with Gasteiger partial charge in [-0.05, 0) is 6.92 Å². The van der Waals surface area contributed by atoms with Gasteiger partial charge in [0.25, 0.3) is 0 Å². The van der Waals surface area contributed by atoms with E-state index in [2.05, 4.69) is 14.5 Å². The van der Waals surface area contributed by atoms with E-state index < -0.39 is 5.97 Å². The van der Waals surface area contributed by atoms with Crippen molar-refractivity contribution in [1.82, 2.24) is 9.55 Å². The molecule has 0 fully saturated rings. The summed E-state index contributed by atoms with van der Waals surface area (Å²) in [5, 5.41) is 0. The monoisotopic (exact) mass is 241 g/mol. The van der Waals surface area contributed by atoms with Crippen LogP contribution in [0.5, 0.6) is 0 Å². The lowest BCUT2D eigenvalue weighted by atomic mass is 10.4. The number of esters is 2. The molecule has 1 aromatic rings.